The van der Waals surface area contributed by atoms with Gasteiger partial charge in [-0.05, 0) is 33.1 Å². The molecule has 1 heterocycles. The highest BCUT2D eigenvalue weighted by atomic mass is 16.2. The first-order chi connectivity index (χ1) is 8.57. The predicted molar refractivity (Wildman–Crippen MR) is 73.5 cm³/mol. The van der Waals surface area contributed by atoms with Crippen molar-refractivity contribution in [2.24, 2.45) is 0 Å². The Kier molecular flexibility index (Phi) is 4.28. The summed E-state index contributed by atoms with van der Waals surface area (Å²) in [6.07, 6.45) is 3.45. The number of carbonyl (C=O) groups excluding carboxylic acids is 1. The highest BCUT2D eigenvalue weighted by Gasteiger charge is 2.42. The number of hydrogen-bond acceptors (Lipinski definition) is 3. The van der Waals surface area contributed by atoms with Crippen LogP contribution in [0.4, 0.5) is 0 Å². The highest BCUT2D eigenvalue weighted by Crippen LogP contribution is 2.30. The molecule has 1 aliphatic carbocycles. The van der Waals surface area contributed by atoms with Crippen LogP contribution in [0.25, 0.3) is 0 Å². The summed E-state index contributed by atoms with van der Waals surface area (Å²) < 4.78 is 0. The summed E-state index contributed by atoms with van der Waals surface area (Å²) in [4.78, 5) is 17.3. The van der Waals surface area contributed by atoms with Gasteiger partial charge in [-0.1, -0.05) is 6.92 Å². The molecule has 4 nitrogen and oxygen atoms in total. The molecule has 0 aromatic rings. The predicted octanol–water partition coefficient (Wildman–Crippen LogP) is 1.07. The Morgan fingerprint density at radius 2 is 1.94 bits per heavy atom. The van der Waals surface area contributed by atoms with Gasteiger partial charge >= 0.3 is 0 Å². The minimum Gasteiger partial charge on any atom is -0.338 e. The van der Waals surface area contributed by atoms with Crippen molar-refractivity contribution in [2.45, 2.75) is 51.6 Å². The van der Waals surface area contributed by atoms with Crippen LogP contribution in [0.5, 0.6) is 0 Å². The molecule has 0 radical (unpaired) electrons. The van der Waals surface area contributed by atoms with Gasteiger partial charge in [-0.3, -0.25) is 9.69 Å². The lowest BCUT2D eigenvalue weighted by atomic mass is 9.99. The molecule has 4 heteroatoms. The molecule has 1 saturated carbocycles. The van der Waals surface area contributed by atoms with Crippen LogP contribution in [-0.2, 0) is 4.79 Å². The van der Waals surface area contributed by atoms with Crippen molar-refractivity contribution in [1.29, 1.82) is 0 Å². The summed E-state index contributed by atoms with van der Waals surface area (Å²) in [6.45, 7) is 11.2. The molecule has 1 amide bonds. The van der Waals surface area contributed by atoms with E-state index >= 15 is 0 Å². The van der Waals surface area contributed by atoms with Crippen molar-refractivity contribution in [3.8, 4) is 0 Å². The molecule has 1 N–H and O–H groups in total. The Morgan fingerprint density at radius 1 is 1.33 bits per heavy atom. The maximum absolute atomic E-state index is 12.8. The van der Waals surface area contributed by atoms with E-state index in [1.807, 2.05) is 0 Å². The zero-order valence-electron chi connectivity index (χ0n) is 12.0. The number of rotatable bonds is 5. The van der Waals surface area contributed by atoms with Gasteiger partial charge in [0.1, 0.15) is 0 Å². The molecule has 2 rings (SSSR count). The maximum atomic E-state index is 12.8. The number of nitrogens with zero attached hydrogens (tertiary/aromatic N) is 2. The standard InChI is InChI=1S/C14H27N3O/c1-4-9-17(12-5-6-12)13(18)14(2,3)16-10-7-15-8-11-16/h12,15H,4-11H2,1-3H3. The third-order valence-corrected chi connectivity index (χ3v) is 4.14. The molecule has 0 unspecified atom stereocenters. The van der Waals surface area contributed by atoms with Gasteiger partial charge in [-0.25, -0.2) is 0 Å². The molecule has 0 spiro atoms. The second kappa shape index (κ2) is 5.57. The Hall–Kier alpha value is -0.610. The Bertz CT molecular complexity index is 293. The molecule has 18 heavy (non-hydrogen) atoms. The summed E-state index contributed by atoms with van der Waals surface area (Å²) in [7, 11) is 0. The van der Waals surface area contributed by atoms with E-state index in [9.17, 15) is 4.79 Å². The molecule has 0 aromatic heterocycles. The van der Waals surface area contributed by atoms with Crippen molar-refractivity contribution in [2.75, 3.05) is 32.7 Å². The summed E-state index contributed by atoms with van der Waals surface area (Å²) >= 11 is 0. The molecule has 104 valence electrons. The average Bonchev–Trinajstić information content (AvgIpc) is 3.20. The third kappa shape index (κ3) is 2.86. The van der Waals surface area contributed by atoms with Gasteiger partial charge in [0.2, 0.25) is 5.91 Å². The van der Waals surface area contributed by atoms with Gasteiger partial charge in [0.05, 0.1) is 5.54 Å². The monoisotopic (exact) mass is 253 g/mol. The quantitative estimate of drug-likeness (QED) is 0.796. The lowest BCUT2D eigenvalue weighted by Crippen LogP contribution is -2.61. The Balaban J connectivity index is 2.03. The third-order valence-electron chi connectivity index (χ3n) is 4.14. The molecule has 1 aliphatic heterocycles. The van der Waals surface area contributed by atoms with Crippen LogP contribution in [0.1, 0.15) is 40.0 Å². The zero-order chi connectivity index (χ0) is 13.2. The van der Waals surface area contributed by atoms with Crippen LogP contribution in [0.15, 0.2) is 0 Å². The van der Waals surface area contributed by atoms with E-state index < -0.39 is 0 Å². The van der Waals surface area contributed by atoms with Crippen LogP contribution < -0.4 is 5.32 Å². The van der Waals surface area contributed by atoms with E-state index in [0.29, 0.717) is 11.9 Å². The molecule has 2 fully saturated rings. The molecule has 0 bridgehead atoms. The van der Waals surface area contributed by atoms with Crippen molar-refractivity contribution < 1.29 is 4.79 Å². The van der Waals surface area contributed by atoms with Crippen molar-refractivity contribution in [3.05, 3.63) is 0 Å². The van der Waals surface area contributed by atoms with Gasteiger partial charge < -0.3 is 10.2 Å². The highest BCUT2D eigenvalue weighted by molar-refractivity contribution is 5.86. The van der Waals surface area contributed by atoms with Crippen LogP contribution in [0.3, 0.4) is 0 Å². The van der Waals surface area contributed by atoms with Crippen LogP contribution >= 0.6 is 0 Å². The van der Waals surface area contributed by atoms with E-state index in [4.69, 9.17) is 0 Å². The van der Waals surface area contributed by atoms with Gasteiger partial charge in [0, 0.05) is 38.8 Å². The Labute approximate surface area is 111 Å². The van der Waals surface area contributed by atoms with Gasteiger partial charge in [0.15, 0.2) is 0 Å². The molecule has 0 atom stereocenters. The van der Waals surface area contributed by atoms with E-state index in [1.54, 1.807) is 0 Å². The topological polar surface area (TPSA) is 35.6 Å². The van der Waals surface area contributed by atoms with Gasteiger partial charge in [-0.2, -0.15) is 0 Å². The molecule has 0 aromatic carbocycles. The van der Waals surface area contributed by atoms with Crippen LogP contribution in [-0.4, -0.2) is 60.0 Å². The first-order valence-electron chi connectivity index (χ1n) is 7.34. The number of nitrogens with one attached hydrogen (secondary N) is 1. The number of carbonyl (C=O) groups is 1. The summed E-state index contributed by atoms with van der Waals surface area (Å²) in [5.74, 6) is 0.328. The first kappa shape index (κ1) is 13.8. The van der Waals surface area contributed by atoms with E-state index in [2.05, 4.69) is 35.9 Å². The summed E-state index contributed by atoms with van der Waals surface area (Å²) in [6, 6.07) is 0.527. The largest absolute Gasteiger partial charge is 0.338 e. The average molecular weight is 253 g/mol. The molecule has 2 aliphatic rings. The first-order valence-corrected chi connectivity index (χ1v) is 7.34. The SMILES string of the molecule is CCCN(C(=O)C(C)(C)N1CCNCC1)C1CC1. The Morgan fingerprint density at radius 3 is 2.44 bits per heavy atom. The fourth-order valence-electron chi connectivity index (χ4n) is 2.79. The fraction of sp³-hybridized carbons (Fsp3) is 0.929. The number of hydrogen-bond donors (Lipinski definition) is 1. The van der Waals surface area contributed by atoms with Crippen LogP contribution in [0.2, 0.25) is 0 Å². The molecular formula is C14H27N3O. The van der Waals surface area contributed by atoms with Gasteiger partial charge in [-0.15, -0.1) is 0 Å². The number of piperazine rings is 1. The van der Waals surface area contributed by atoms with Crippen LogP contribution in [0, 0.1) is 0 Å². The summed E-state index contributed by atoms with van der Waals surface area (Å²) in [5, 5.41) is 3.35. The molecule has 1 saturated heterocycles. The van der Waals surface area contributed by atoms with E-state index in [-0.39, 0.29) is 5.54 Å². The number of amides is 1. The molecular weight excluding hydrogens is 226 g/mol. The second-order valence-corrected chi connectivity index (χ2v) is 6.03. The van der Waals surface area contributed by atoms with E-state index in [1.165, 1.54) is 12.8 Å². The van der Waals surface area contributed by atoms with Crippen molar-refractivity contribution >= 4 is 5.91 Å². The smallest absolute Gasteiger partial charge is 0.242 e. The fourth-order valence-corrected chi connectivity index (χ4v) is 2.79. The lowest BCUT2D eigenvalue weighted by Gasteiger charge is -2.42. The van der Waals surface area contributed by atoms with Gasteiger partial charge in [0.25, 0.3) is 0 Å². The van der Waals surface area contributed by atoms with Crippen molar-refractivity contribution in [3.63, 3.8) is 0 Å². The maximum Gasteiger partial charge on any atom is 0.242 e. The lowest BCUT2D eigenvalue weighted by molar-refractivity contribution is -0.143. The van der Waals surface area contributed by atoms with E-state index in [0.717, 1.165) is 39.1 Å². The zero-order valence-corrected chi connectivity index (χ0v) is 12.0. The summed E-state index contributed by atoms with van der Waals surface area (Å²) in [5.41, 5.74) is -0.347. The second-order valence-electron chi connectivity index (χ2n) is 6.03. The normalized spacial score (nSPS) is 21.9. The minimum absolute atomic E-state index is 0.328. The minimum atomic E-state index is -0.347. The van der Waals surface area contributed by atoms with Crippen molar-refractivity contribution in [1.82, 2.24) is 15.1 Å².